The van der Waals surface area contributed by atoms with Gasteiger partial charge in [0.25, 0.3) is 0 Å². The number of carboxylic acid groups (broad SMARTS) is 1. The number of amides is 1. The second-order valence-corrected chi connectivity index (χ2v) is 4.07. The van der Waals surface area contributed by atoms with E-state index in [4.69, 9.17) is 5.11 Å². The van der Waals surface area contributed by atoms with Gasteiger partial charge in [-0.15, -0.1) is 0 Å². The second-order valence-electron chi connectivity index (χ2n) is 4.07. The van der Waals surface area contributed by atoms with E-state index in [-0.39, 0.29) is 5.56 Å². The molecule has 4 heteroatoms. The van der Waals surface area contributed by atoms with Crippen molar-refractivity contribution in [1.29, 1.82) is 0 Å². The maximum atomic E-state index is 11.1. The maximum absolute atomic E-state index is 11.1. The normalized spacial score (nSPS) is 9.89. The van der Waals surface area contributed by atoms with Crippen LogP contribution in [-0.4, -0.2) is 17.5 Å². The summed E-state index contributed by atoms with van der Waals surface area (Å²) in [4.78, 5) is 23.4. The van der Waals surface area contributed by atoms with Gasteiger partial charge in [0.15, 0.2) is 0 Å². The number of carbonyl (C=O) groups excluding carboxylic acids is 1. The number of rotatable bonds is 5. The van der Waals surface area contributed by atoms with Crippen molar-refractivity contribution in [2.24, 2.45) is 0 Å². The fourth-order valence-corrected chi connectivity index (χ4v) is 1.77. The van der Waals surface area contributed by atoms with Crippen molar-refractivity contribution in [3.8, 4) is 0 Å². The lowest BCUT2D eigenvalue weighted by Gasteiger charge is -2.17. The molecule has 0 unspecified atom stereocenters. The molecule has 0 atom stereocenters. The van der Waals surface area contributed by atoms with Gasteiger partial charge in [0.2, 0.25) is 6.41 Å². The number of carboxylic acids is 1. The van der Waals surface area contributed by atoms with Crippen LogP contribution < -0.4 is 4.90 Å². The van der Waals surface area contributed by atoms with Gasteiger partial charge in [-0.05, 0) is 29.8 Å². The first-order valence-electron chi connectivity index (χ1n) is 5.80. The van der Waals surface area contributed by atoms with Crippen molar-refractivity contribution in [3.05, 3.63) is 65.7 Å². The third-order valence-electron chi connectivity index (χ3n) is 2.77. The first-order chi connectivity index (χ1) is 9.20. The van der Waals surface area contributed by atoms with Crippen molar-refractivity contribution in [2.45, 2.75) is 6.54 Å². The van der Waals surface area contributed by atoms with Crippen molar-refractivity contribution >= 4 is 18.1 Å². The van der Waals surface area contributed by atoms with Crippen LogP contribution in [0.25, 0.3) is 0 Å². The lowest BCUT2D eigenvalue weighted by molar-refractivity contribution is -0.107. The largest absolute Gasteiger partial charge is 0.478 e. The van der Waals surface area contributed by atoms with Gasteiger partial charge in [-0.3, -0.25) is 4.79 Å². The van der Waals surface area contributed by atoms with Gasteiger partial charge in [-0.25, -0.2) is 4.79 Å². The lowest BCUT2D eigenvalue weighted by Crippen LogP contribution is -2.20. The van der Waals surface area contributed by atoms with Crippen LogP contribution in [0.1, 0.15) is 15.9 Å². The molecule has 0 aliphatic heterocycles. The number of nitrogens with zero attached hydrogens (tertiary/aromatic N) is 1. The minimum atomic E-state index is -0.979. The topological polar surface area (TPSA) is 57.6 Å². The second kappa shape index (κ2) is 5.82. The standard InChI is InChI=1S/C15H13NO3/c17-11-16(10-12-4-2-1-3-5-12)14-8-6-13(7-9-14)15(18)19/h1-9,11H,10H2,(H,18,19). The summed E-state index contributed by atoms with van der Waals surface area (Å²) < 4.78 is 0. The molecular formula is C15H13NO3. The maximum Gasteiger partial charge on any atom is 0.335 e. The quantitative estimate of drug-likeness (QED) is 0.835. The van der Waals surface area contributed by atoms with E-state index in [2.05, 4.69) is 0 Å². The van der Waals surface area contributed by atoms with E-state index in [1.807, 2.05) is 30.3 Å². The predicted octanol–water partition coefficient (Wildman–Crippen LogP) is 2.55. The van der Waals surface area contributed by atoms with E-state index < -0.39 is 5.97 Å². The Balaban J connectivity index is 2.18. The Hall–Kier alpha value is -2.62. The third-order valence-corrected chi connectivity index (χ3v) is 2.77. The van der Waals surface area contributed by atoms with Crippen molar-refractivity contribution in [1.82, 2.24) is 0 Å². The molecule has 0 saturated carbocycles. The highest BCUT2D eigenvalue weighted by molar-refractivity contribution is 5.88. The molecular weight excluding hydrogens is 242 g/mol. The fraction of sp³-hybridized carbons (Fsp3) is 0.0667. The van der Waals surface area contributed by atoms with Crippen molar-refractivity contribution in [2.75, 3.05) is 4.90 Å². The molecule has 0 bridgehead atoms. The Bertz CT molecular complexity index is 564. The van der Waals surface area contributed by atoms with Crippen LogP contribution >= 0.6 is 0 Å². The fourth-order valence-electron chi connectivity index (χ4n) is 1.77. The lowest BCUT2D eigenvalue weighted by atomic mass is 10.1. The molecule has 0 fully saturated rings. The Labute approximate surface area is 110 Å². The minimum Gasteiger partial charge on any atom is -0.478 e. The highest BCUT2D eigenvalue weighted by Gasteiger charge is 2.08. The number of benzene rings is 2. The Morgan fingerprint density at radius 3 is 2.21 bits per heavy atom. The number of carbonyl (C=O) groups is 2. The van der Waals surface area contributed by atoms with Gasteiger partial charge in [-0.2, -0.15) is 0 Å². The zero-order valence-corrected chi connectivity index (χ0v) is 10.2. The van der Waals surface area contributed by atoms with Gasteiger partial charge in [-0.1, -0.05) is 30.3 Å². The Kier molecular flexibility index (Phi) is 3.93. The zero-order valence-electron chi connectivity index (χ0n) is 10.2. The summed E-state index contributed by atoms with van der Waals surface area (Å²) in [5, 5.41) is 8.82. The molecule has 2 aromatic carbocycles. The minimum absolute atomic E-state index is 0.203. The summed E-state index contributed by atoms with van der Waals surface area (Å²) in [6.45, 7) is 0.455. The molecule has 0 radical (unpaired) electrons. The average Bonchev–Trinajstić information content (AvgIpc) is 2.46. The molecule has 19 heavy (non-hydrogen) atoms. The Morgan fingerprint density at radius 1 is 1.05 bits per heavy atom. The van der Waals surface area contributed by atoms with Gasteiger partial charge < -0.3 is 10.0 Å². The highest BCUT2D eigenvalue weighted by Crippen LogP contribution is 2.16. The molecule has 0 spiro atoms. The van der Waals surface area contributed by atoms with Crippen LogP contribution in [0.5, 0.6) is 0 Å². The summed E-state index contributed by atoms with van der Waals surface area (Å²) in [6, 6.07) is 15.8. The molecule has 0 aliphatic carbocycles. The van der Waals surface area contributed by atoms with Crippen LogP contribution in [0.4, 0.5) is 5.69 Å². The van der Waals surface area contributed by atoms with E-state index in [1.165, 1.54) is 17.0 Å². The van der Waals surface area contributed by atoms with Crippen molar-refractivity contribution in [3.63, 3.8) is 0 Å². The molecule has 4 nitrogen and oxygen atoms in total. The molecule has 0 heterocycles. The zero-order chi connectivity index (χ0) is 13.7. The van der Waals surface area contributed by atoms with E-state index in [1.54, 1.807) is 12.1 Å². The van der Waals surface area contributed by atoms with Crippen LogP contribution in [0.2, 0.25) is 0 Å². The molecule has 2 aromatic rings. The SMILES string of the molecule is O=CN(Cc1ccccc1)c1ccc(C(=O)O)cc1. The number of anilines is 1. The summed E-state index contributed by atoms with van der Waals surface area (Å²) in [5.41, 5.74) is 1.88. The predicted molar refractivity (Wildman–Crippen MR) is 72.1 cm³/mol. The summed E-state index contributed by atoms with van der Waals surface area (Å²) >= 11 is 0. The molecule has 0 aliphatic rings. The van der Waals surface area contributed by atoms with Crippen LogP contribution in [0.3, 0.4) is 0 Å². The smallest absolute Gasteiger partial charge is 0.335 e. The van der Waals surface area contributed by atoms with E-state index >= 15 is 0 Å². The Morgan fingerprint density at radius 2 is 1.68 bits per heavy atom. The monoisotopic (exact) mass is 255 g/mol. The number of hydrogen-bond donors (Lipinski definition) is 1. The van der Waals surface area contributed by atoms with Gasteiger partial charge in [0.1, 0.15) is 0 Å². The molecule has 96 valence electrons. The molecule has 1 N–H and O–H groups in total. The van der Waals surface area contributed by atoms with Gasteiger partial charge >= 0.3 is 5.97 Å². The molecule has 0 saturated heterocycles. The first-order valence-corrected chi connectivity index (χ1v) is 5.80. The summed E-state index contributed by atoms with van der Waals surface area (Å²) in [7, 11) is 0. The highest BCUT2D eigenvalue weighted by atomic mass is 16.4. The van der Waals surface area contributed by atoms with E-state index in [0.717, 1.165) is 12.0 Å². The van der Waals surface area contributed by atoms with Crippen molar-refractivity contribution < 1.29 is 14.7 Å². The molecule has 1 amide bonds. The molecule has 2 rings (SSSR count). The first kappa shape index (κ1) is 12.8. The molecule has 0 aromatic heterocycles. The van der Waals surface area contributed by atoms with E-state index in [9.17, 15) is 9.59 Å². The van der Waals surface area contributed by atoms with Gasteiger partial charge in [0, 0.05) is 5.69 Å². The summed E-state index contributed by atoms with van der Waals surface area (Å²) in [5.74, 6) is -0.979. The number of aromatic carboxylic acids is 1. The average molecular weight is 255 g/mol. The van der Waals surface area contributed by atoms with Gasteiger partial charge in [0.05, 0.1) is 12.1 Å². The number of hydrogen-bond acceptors (Lipinski definition) is 2. The summed E-state index contributed by atoms with van der Waals surface area (Å²) in [6.07, 6.45) is 0.739. The van der Waals surface area contributed by atoms with E-state index in [0.29, 0.717) is 12.2 Å². The third kappa shape index (κ3) is 3.19. The van der Waals surface area contributed by atoms with Crippen LogP contribution in [0, 0.1) is 0 Å². The van der Waals surface area contributed by atoms with Crippen LogP contribution in [-0.2, 0) is 11.3 Å². The van der Waals surface area contributed by atoms with Crippen LogP contribution in [0.15, 0.2) is 54.6 Å².